The molecule has 210 valence electrons. The Morgan fingerprint density at radius 3 is 2.80 bits per heavy atom. The number of halogens is 3. The van der Waals surface area contributed by atoms with E-state index in [2.05, 4.69) is 9.72 Å². The van der Waals surface area contributed by atoms with Crippen molar-refractivity contribution in [2.75, 3.05) is 19.7 Å². The largest absolute Gasteiger partial charge is 0.417 e. The van der Waals surface area contributed by atoms with Crippen molar-refractivity contribution < 1.29 is 27.4 Å². The van der Waals surface area contributed by atoms with E-state index < -0.39 is 12.4 Å². The summed E-state index contributed by atoms with van der Waals surface area (Å²) in [4.78, 5) is 24.4. The van der Waals surface area contributed by atoms with E-state index in [1.807, 2.05) is 10.6 Å². The number of fused-ring (bicyclic) bond motifs is 3. The summed E-state index contributed by atoms with van der Waals surface area (Å²) in [6, 6.07) is 7.95. The van der Waals surface area contributed by atoms with Gasteiger partial charge in [0.25, 0.3) is 5.91 Å². The highest BCUT2D eigenvalue weighted by Gasteiger charge is 2.35. The number of imidazole rings is 1. The summed E-state index contributed by atoms with van der Waals surface area (Å²) >= 11 is 0. The normalized spacial score (nSPS) is 21.4. The molecule has 3 aromatic heterocycles. The van der Waals surface area contributed by atoms with E-state index >= 15 is 4.39 Å². The Morgan fingerprint density at radius 2 is 2.00 bits per heavy atom. The van der Waals surface area contributed by atoms with Crippen molar-refractivity contribution in [1.29, 1.82) is 0 Å². The second kappa shape index (κ2) is 9.79. The van der Waals surface area contributed by atoms with Crippen molar-refractivity contribution in [3.05, 3.63) is 41.7 Å². The Bertz CT molecular complexity index is 1610. The SMILES string of the molecule is Cn1c(-c2cc3ccc(OC(F)F)nc3n2CC2CC2)nc2cc(C(=O)N3CC[C@@H]4OCCC[C@@H]4C3)cc(F)c21. The maximum absolute atomic E-state index is 15.6. The number of nitrogens with zero attached hydrogens (tertiary/aromatic N) is 5. The van der Waals surface area contributed by atoms with E-state index in [-0.39, 0.29) is 23.5 Å². The van der Waals surface area contributed by atoms with Crippen LogP contribution in [0.5, 0.6) is 5.88 Å². The number of rotatable bonds is 6. The van der Waals surface area contributed by atoms with Crippen molar-refractivity contribution in [2.24, 2.45) is 18.9 Å². The minimum atomic E-state index is -2.97. The predicted octanol–water partition coefficient (Wildman–Crippen LogP) is 5.38. The quantitative estimate of drug-likeness (QED) is 0.321. The first-order valence-electron chi connectivity index (χ1n) is 13.9. The molecule has 5 heterocycles. The van der Waals surface area contributed by atoms with Gasteiger partial charge in [-0.25, -0.2) is 9.37 Å². The maximum Gasteiger partial charge on any atom is 0.388 e. The van der Waals surface area contributed by atoms with Gasteiger partial charge in [0.2, 0.25) is 5.88 Å². The number of amides is 1. The molecule has 2 aliphatic heterocycles. The first-order valence-corrected chi connectivity index (χ1v) is 13.9. The van der Waals surface area contributed by atoms with Crippen LogP contribution in [0.4, 0.5) is 13.2 Å². The van der Waals surface area contributed by atoms with Gasteiger partial charge in [-0.2, -0.15) is 13.8 Å². The minimum Gasteiger partial charge on any atom is -0.417 e. The fourth-order valence-corrected chi connectivity index (χ4v) is 6.30. The van der Waals surface area contributed by atoms with Crippen LogP contribution in [0.3, 0.4) is 0 Å². The molecule has 2 atom stereocenters. The molecule has 1 saturated carbocycles. The van der Waals surface area contributed by atoms with Crippen molar-refractivity contribution in [2.45, 2.75) is 51.4 Å². The van der Waals surface area contributed by atoms with Crippen LogP contribution in [0.1, 0.15) is 42.5 Å². The highest BCUT2D eigenvalue weighted by atomic mass is 19.3. The van der Waals surface area contributed by atoms with E-state index in [4.69, 9.17) is 9.72 Å². The smallest absolute Gasteiger partial charge is 0.388 e. The average Bonchev–Trinajstić information content (AvgIpc) is 3.61. The van der Waals surface area contributed by atoms with Crippen molar-refractivity contribution in [3.63, 3.8) is 0 Å². The summed E-state index contributed by atoms with van der Waals surface area (Å²) in [6.07, 6.45) is 5.15. The Balaban J connectivity index is 1.26. The molecule has 11 heteroatoms. The van der Waals surface area contributed by atoms with Gasteiger partial charge >= 0.3 is 6.61 Å². The standard InChI is InChI=1S/C29H30F3N5O3/c1-35-25-20(30)11-19(28(38)36-9-8-23-18(15-36)3-2-10-39-23)12-21(25)33-27(35)22-13-17-6-7-24(40-29(31)32)34-26(17)37(22)14-16-4-5-16/h6-7,11-13,16,18,23,29H,2-5,8-10,14-15H2,1H3/t18-,23+/m1/s1. The molecule has 1 amide bonds. The molecule has 40 heavy (non-hydrogen) atoms. The number of aryl methyl sites for hydroxylation is 1. The summed E-state index contributed by atoms with van der Waals surface area (Å²) in [6.45, 7) is -0.362. The zero-order valence-electron chi connectivity index (χ0n) is 22.2. The second-order valence-corrected chi connectivity index (χ2v) is 11.2. The fraction of sp³-hybridized carbons (Fsp3) is 0.483. The topological polar surface area (TPSA) is 74.4 Å². The Morgan fingerprint density at radius 1 is 1.15 bits per heavy atom. The number of hydrogen-bond acceptors (Lipinski definition) is 5. The van der Waals surface area contributed by atoms with Crippen molar-refractivity contribution in [3.8, 4) is 17.4 Å². The summed E-state index contributed by atoms with van der Waals surface area (Å²) in [5.74, 6) is 0.394. The molecule has 4 aromatic rings. The first kappa shape index (κ1) is 25.4. The lowest BCUT2D eigenvalue weighted by Crippen LogP contribution is -2.48. The number of pyridine rings is 1. The van der Waals surface area contributed by atoms with Gasteiger partial charge in [0, 0.05) is 56.2 Å². The molecular weight excluding hydrogens is 523 g/mol. The Hall–Kier alpha value is -3.60. The Kier molecular flexibility index (Phi) is 6.21. The third-order valence-corrected chi connectivity index (χ3v) is 8.47. The van der Waals surface area contributed by atoms with Crippen LogP contribution < -0.4 is 4.74 Å². The maximum atomic E-state index is 15.6. The van der Waals surface area contributed by atoms with Crippen LogP contribution in [-0.2, 0) is 18.3 Å². The van der Waals surface area contributed by atoms with Gasteiger partial charge in [0.05, 0.1) is 17.3 Å². The van der Waals surface area contributed by atoms with E-state index in [9.17, 15) is 13.6 Å². The van der Waals surface area contributed by atoms with Crippen molar-refractivity contribution in [1.82, 2.24) is 24.0 Å². The molecule has 0 spiro atoms. The van der Waals surface area contributed by atoms with Gasteiger partial charge in [-0.05, 0) is 62.3 Å². The molecule has 0 unspecified atom stereocenters. The summed E-state index contributed by atoms with van der Waals surface area (Å²) in [7, 11) is 1.74. The number of aromatic nitrogens is 4. The molecule has 3 aliphatic rings. The fourth-order valence-electron chi connectivity index (χ4n) is 6.30. The van der Waals surface area contributed by atoms with Gasteiger partial charge in [-0.3, -0.25) is 4.79 Å². The zero-order valence-corrected chi connectivity index (χ0v) is 22.2. The zero-order chi connectivity index (χ0) is 27.5. The molecule has 8 nitrogen and oxygen atoms in total. The number of benzene rings is 1. The molecule has 1 aromatic carbocycles. The predicted molar refractivity (Wildman–Crippen MR) is 142 cm³/mol. The number of alkyl halides is 2. The van der Waals surface area contributed by atoms with Crippen LogP contribution in [0.25, 0.3) is 33.6 Å². The molecule has 0 N–H and O–H groups in total. The lowest BCUT2D eigenvalue weighted by molar-refractivity contribution is -0.0607. The van der Waals surface area contributed by atoms with Gasteiger partial charge in [-0.1, -0.05) is 0 Å². The second-order valence-electron chi connectivity index (χ2n) is 11.2. The van der Waals surface area contributed by atoms with Gasteiger partial charge < -0.3 is 23.5 Å². The van der Waals surface area contributed by atoms with Gasteiger partial charge in [0.1, 0.15) is 17.0 Å². The van der Waals surface area contributed by atoms with Gasteiger partial charge in [0.15, 0.2) is 5.82 Å². The van der Waals surface area contributed by atoms with Crippen LogP contribution in [-0.4, -0.2) is 62.3 Å². The number of carbonyl (C=O) groups is 1. The molecule has 1 aliphatic carbocycles. The molecular formula is C29H30F3N5O3. The monoisotopic (exact) mass is 553 g/mol. The number of carbonyl (C=O) groups excluding carboxylic acids is 1. The lowest BCUT2D eigenvalue weighted by Gasteiger charge is -2.41. The lowest BCUT2D eigenvalue weighted by atomic mass is 9.88. The van der Waals surface area contributed by atoms with Crippen LogP contribution >= 0.6 is 0 Å². The number of ether oxygens (including phenoxy) is 2. The van der Waals surface area contributed by atoms with Gasteiger partial charge in [-0.15, -0.1) is 0 Å². The molecule has 7 rings (SSSR count). The highest BCUT2D eigenvalue weighted by Crippen LogP contribution is 2.37. The molecule has 3 fully saturated rings. The van der Waals surface area contributed by atoms with E-state index in [1.54, 1.807) is 28.6 Å². The van der Waals surface area contributed by atoms with E-state index in [0.29, 0.717) is 59.7 Å². The minimum absolute atomic E-state index is 0.160. The van der Waals surface area contributed by atoms with E-state index in [1.165, 1.54) is 12.1 Å². The first-order chi connectivity index (χ1) is 19.4. The summed E-state index contributed by atoms with van der Waals surface area (Å²) < 4.78 is 55.3. The van der Waals surface area contributed by atoms with E-state index in [0.717, 1.165) is 44.1 Å². The Labute approximate surface area is 228 Å². The van der Waals surface area contributed by atoms with Crippen LogP contribution in [0, 0.1) is 17.7 Å². The number of piperidine rings is 1. The van der Waals surface area contributed by atoms with Crippen LogP contribution in [0.2, 0.25) is 0 Å². The summed E-state index contributed by atoms with van der Waals surface area (Å²) in [5, 5.41) is 0.746. The third-order valence-electron chi connectivity index (χ3n) is 8.47. The van der Waals surface area contributed by atoms with Crippen LogP contribution in [0.15, 0.2) is 30.3 Å². The van der Waals surface area contributed by atoms with Crippen molar-refractivity contribution >= 4 is 28.0 Å². The average molecular weight is 554 g/mol. The number of hydrogen-bond donors (Lipinski definition) is 0. The third kappa shape index (κ3) is 4.49. The molecule has 2 saturated heterocycles. The molecule has 0 bridgehead atoms. The highest BCUT2D eigenvalue weighted by molar-refractivity contribution is 5.98. The molecule has 0 radical (unpaired) electrons. The number of likely N-dealkylation sites (tertiary alicyclic amines) is 1. The summed E-state index contributed by atoms with van der Waals surface area (Å²) in [5.41, 5.74) is 2.17.